The van der Waals surface area contributed by atoms with E-state index in [4.69, 9.17) is 11.6 Å². The Morgan fingerprint density at radius 2 is 2.14 bits per heavy atom. The minimum Gasteiger partial charge on any atom is -0.480 e. The van der Waals surface area contributed by atoms with Crippen LogP contribution in [0, 0.1) is 0 Å². The molecule has 0 saturated heterocycles. The molecule has 0 amide bonds. The number of benzene rings is 1. The lowest BCUT2D eigenvalue weighted by Crippen LogP contribution is -2.30. The molecule has 2 N–H and O–H groups in total. The van der Waals surface area contributed by atoms with Crippen molar-refractivity contribution >= 4 is 35.2 Å². The predicted octanol–water partition coefficient (Wildman–Crippen LogP) is 3.17. The van der Waals surface area contributed by atoms with Crippen molar-refractivity contribution in [2.24, 2.45) is 0 Å². The predicted molar refractivity (Wildman–Crippen MR) is 83.2 cm³/mol. The van der Waals surface area contributed by atoms with Crippen molar-refractivity contribution in [3.63, 3.8) is 0 Å². The lowest BCUT2D eigenvalue weighted by molar-refractivity contribution is -0.139. The van der Waals surface area contributed by atoms with Gasteiger partial charge in [-0.25, -0.2) is 0 Å². The van der Waals surface area contributed by atoms with Crippen LogP contribution in [0.5, 0.6) is 0 Å². The molecule has 0 fully saturated rings. The Bertz CT molecular complexity index is 641. The van der Waals surface area contributed by atoms with E-state index in [0.717, 1.165) is 11.2 Å². The third kappa shape index (κ3) is 3.91. The summed E-state index contributed by atoms with van der Waals surface area (Å²) in [7, 11) is 0. The van der Waals surface area contributed by atoms with Crippen LogP contribution in [0.15, 0.2) is 35.7 Å². The molecule has 1 aromatic carbocycles. The first-order valence-electron chi connectivity index (χ1n) is 6.35. The van der Waals surface area contributed by atoms with Gasteiger partial charge in [0.15, 0.2) is 6.29 Å². The molecule has 1 aromatic heterocycles. The Labute approximate surface area is 131 Å². The van der Waals surface area contributed by atoms with Crippen molar-refractivity contribution in [1.82, 2.24) is 5.32 Å². The Morgan fingerprint density at radius 1 is 1.38 bits per heavy atom. The number of thiophene rings is 1. The number of rotatable bonds is 7. The van der Waals surface area contributed by atoms with Crippen LogP contribution in [0.2, 0.25) is 5.02 Å². The molecule has 2 aromatic rings. The average molecular weight is 324 g/mol. The number of halogens is 1. The highest BCUT2D eigenvalue weighted by molar-refractivity contribution is 7.10. The van der Waals surface area contributed by atoms with E-state index in [1.54, 1.807) is 30.3 Å². The molecule has 0 aliphatic carbocycles. The van der Waals surface area contributed by atoms with E-state index in [0.29, 0.717) is 29.1 Å². The highest BCUT2D eigenvalue weighted by Crippen LogP contribution is 2.23. The van der Waals surface area contributed by atoms with Crippen molar-refractivity contribution in [3.05, 3.63) is 56.7 Å². The van der Waals surface area contributed by atoms with Crippen molar-refractivity contribution in [3.8, 4) is 0 Å². The van der Waals surface area contributed by atoms with E-state index in [1.165, 1.54) is 11.3 Å². The second-order valence-corrected chi connectivity index (χ2v) is 5.82. The van der Waals surface area contributed by atoms with E-state index in [2.05, 4.69) is 5.32 Å². The van der Waals surface area contributed by atoms with Gasteiger partial charge in [0.2, 0.25) is 0 Å². The zero-order valence-electron chi connectivity index (χ0n) is 11.1. The summed E-state index contributed by atoms with van der Waals surface area (Å²) < 4.78 is 0. The van der Waals surface area contributed by atoms with Crippen LogP contribution in [0.3, 0.4) is 0 Å². The fraction of sp³-hybridized carbons (Fsp3) is 0.200. The molecule has 2 rings (SSSR count). The highest BCUT2D eigenvalue weighted by atomic mass is 35.5. The number of nitrogens with one attached hydrogen (secondary N) is 1. The molecule has 0 bridgehead atoms. The smallest absolute Gasteiger partial charge is 0.325 e. The fourth-order valence-electron chi connectivity index (χ4n) is 2.03. The van der Waals surface area contributed by atoms with Crippen LogP contribution in [0.4, 0.5) is 0 Å². The summed E-state index contributed by atoms with van der Waals surface area (Å²) in [4.78, 5) is 23.2. The SMILES string of the molecule is O=Cc1ccsc1CCNC(C(=O)O)c1ccccc1Cl. The van der Waals surface area contributed by atoms with E-state index in [9.17, 15) is 14.7 Å². The Morgan fingerprint density at radius 3 is 2.81 bits per heavy atom. The van der Waals surface area contributed by atoms with Gasteiger partial charge in [-0.1, -0.05) is 29.8 Å². The van der Waals surface area contributed by atoms with E-state index < -0.39 is 12.0 Å². The number of carboxylic acids is 1. The van der Waals surface area contributed by atoms with Crippen molar-refractivity contribution in [2.75, 3.05) is 6.54 Å². The normalized spacial score (nSPS) is 12.0. The molecule has 0 saturated carbocycles. The second kappa shape index (κ2) is 7.36. The molecule has 4 nitrogen and oxygen atoms in total. The molecule has 1 atom stereocenters. The number of carboxylic acid groups (broad SMARTS) is 1. The third-order valence-corrected chi connectivity index (χ3v) is 4.41. The minimum atomic E-state index is -0.982. The first-order valence-corrected chi connectivity index (χ1v) is 7.61. The molecule has 0 radical (unpaired) electrons. The Kier molecular flexibility index (Phi) is 5.50. The van der Waals surface area contributed by atoms with Crippen LogP contribution in [-0.4, -0.2) is 23.9 Å². The summed E-state index contributed by atoms with van der Waals surface area (Å²) in [6.45, 7) is 0.448. The Hall–Kier alpha value is -1.69. The summed E-state index contributed by atoms with van der Waals surface area (Å²) in [5.41, 5.74) is 1.19. The molecule has 110 valence electrons. The van der Waals surface area contributed by atoms with Crippen LogP contribution in [0.1, 0.15) is 26.8 Å². The summed E-state index contributed by atoms with van der Waals surface area (Å²) in [6.07, 6.45) is 1.41. The summed E-state index contributed by atoms with van der Waals surface area (Å²) in [5, 5.41) is 14.6. The number of carbonyl (C=O) groups is 2. The van der Waals surface area contributed by atoms with Gasteiger partial charge in [-0.05, 0) is 29.5 Å². The van der Waals surface area contributed by atoms with Crippen LogP contribution < -0.4 is 5.32 Å². The second-order valence-electron chi connectivity index (χ2n) is 4.41. The largest absolute Gasteiger partial charge is 0.480 e. The first kappa shape index (κ1) is 15.7. The van der Waals surface area contributed by atoms with Gasteiger partial charge in [0.25, 0.3) is 0 Å². The monoisotopic (exact) mass is 323 g/mol. The van der Waals surface area contributed by atoms with Gasteiger partial charge in [0, 0.05) is 22.0 Å². The topological polar surface area (TPSA) is 66.4 Å². The summed E-state index contributed by atoms with van der Waals surface area (Å²) in [6, 6.07) is 7.76. The number of aliphatic carboxylic acids is 1. The van der Waals surface area contributed by atoms with Crippen LogP contribution in [0.25, 0.3) is 0 Å². The molecule has 0 spiro atoms. The maximum atomic E-state index is 11.4. The highest BCUT2D eigenvalue weighted by Gasteiger charge is 2.21. The molecule has 1 unspecified atom stereocenters. The molecular formula is C15H14ClNO3S. The van der Waals surface area contributed by atoms with E-state index in [1.807, 2.05) is 5.38 Å². The first-order chi connectivity index (χ1) is 10.1. The van der Waals surface area contributed by atoms with Gasteiger partial charge in [-0.2, -0.15) is 0 Å². The van der Waals surface area contributed by atoms with Crippen LogP contribution >= 0.6 is 22.9 Å². The summed E-state index contributed by atoms with van der Waals surface area (Å²) >= 11 is 7.53. The lowest BCUT2D eigenvalue weighted by atomic mass is 10.1. The van der Waals surface area contributed by atoms with Gasteiger partial charge in [-0.15, -0.1) is 11.3 Å². The van der Waals surface area contributed by atoms with Gasteiger partial charge >= 0.3 is 5.97 Å². The lowest BCUT2D eigenvalue weighted by Gasteiger charge is -2.16. The molecule has 1 heterocycles. The molecular weight excluding hydrogens is 310 g/mol. The quantitative estimate of drug-likeness (QED) is 0.768. The van der Waals surface area contributed by atoms with Gasteiger partial charge in [-0.3, -0.25) is 9.59 Å². The van der Waals surface area contributed by atoms with Crippen LogP contribution in [-0.2, 0) is 11.2 Å². The molecule has 0 aliphatic rings. The van der Waals surface area contributed by atoms with Gasteiger partial charge < -0.3 is 10.4 Å². The zero-order chi connectivity index (χ0) is 15.2. The molecule has 6 heteroatoms. The minimum absolute atomic E-state index is 0.419. The number of aldehydes is 1. The number of hydrogen-bond acceptors (Lipinski definition) is 4. The van der Waals surface area contributed by atoms with Gasteiger partial charge in [0.1, 0.15) is 6.04 Å². The van der Waals surface area contributed by atoms with E-state index >= 15 is 0 Å². The van der Waals surface area contributed by atoms with E-state index in [-0.39, 0.29) is 0 Å². The fourth-order valence-corrected chi connectivity index (χ4v) is 3.12. The standard InChI is InChI=1S/C15H14ClNO3S/c16-12-4-2-1-3-11(12)14(15(19)20)17-7-5-13-10(9-18)6-8-21-13/h1-4,6,8-9,14,17H,5,7H2,(H,19,20). The Balaban J connectivity index is 2.03. The van der Waals surface area contributed by atoms with Gasteiger partial charge in [0.05, 0.1) is 0 Å². The summed E-state index contributed by atoms with van der Waals surface area (Å²) in [5.74, 6) is -0.982. The molecule has 0 aliphatic heterocycles. The number of hydrogen-bond donors (Lipinski definition) is 2. The average Bonchev–Trinajstić information content (AvgIpc) is 2.92. The van der Waals surface area contributed by atoms with Crippen molar-refractivity contribution < 1.29 is 14.7 Å². The van der Waals surface area contributed by atoms with Crippen molar-refractivity contribution in [1.29, 1.82) is 0 Å². The number of carbonyl (C=O) groups excluding carboxylic acids is 1. The maximum absolute atomic E-state index is 11.4. The van der Waals surface area contributed by atoms with Crippen molar-refractivity contribution in [2.45, 2.75) is 12.5 Å². The molecule has 21 heavy (non-hydrogen) atoms. The maximum Gasteiger partial charge on any atom is 0.325 e. The third-order valence-electron chi connectivity index (χ3n) is 3.07. The zero-order valence-corrected chi connectivity index (χ0v) is 12.7.